The van der Waals surface area contributed by atoms with Crippen LogP contribution in [0.4, 0.5) is 0 Å². The van der Waals surface area contributed by atoms with Gasteiger partial charge in [0, 0.05) is 4.90 Å². The predicted octanol–water partition coefficient (Wildman–Crippen LogP) is 3.02. The lowest BCUT2D eigenvalue weighted by molar-refractivity contribution is 0.0696. The molecule has 1 heterocycles. The molecule has 0 spiro atoms. The van der Waals surface area contributed by atoms with Crippen LogP contribution < -0.4 is 0 Å². The molecule has 106 valence electrons. The summed E-state index contributed by atoms with van der Waals surface area (Å²) in [5.74, 6) is 3.11. The smallest absolute Gasteiger partial charge is 0.335 e. The van der Waals surface area contributed by atoms with E-state index in [1.54, 1.807) is 28.6 Å². The zero-order chi connectivity index (χ0) is 15.0. The van der Waals surface area contributed by atoms with E-state index in [1.165, 1.54) is 0 Å². The Morgan fingerprint density at radius 2 is 1.81 bits per heavy atom. The number of carboxylic acids is 1. The second-order valence-corrected chi connectivity index (χ2v) is 6.31. The van der Waals surface area contributed by atoms with Gasteiger partial charge in [0.2, 0.25) is 0 Å². The van der Waals surface area contributed by atoms with Crippen LogP contribution in [0.25, 0.3) is 0 Å². The zero-order valence-electron chi connectivity index (χ0n) is 11.2. The van der Waals surface area contributed by atoms with E-state index in [2.05, 4.69) is 5.87 Å². The highest BCUT2D eigenvalue weighted by Crippen LogP contribution is 2.41. The Balaban J connectivity index is 1.85. The summed E-state index contributed by atoms with van der Waals surface area (Å²) in [7, 11) is -0.513. The molecule has 5 heteroatoms. The number of carbonyl (C=O) groups excluding carboxylic acids is 1. The van der Waals surface area contributed by atoms with E-state index in [4.69, 9.17) is 5.11 Å². The molecule has 2 aromatic rings. The molecule has 1 aliphatic heterocycles. The number of amides is 1. The number of aromatic carboxylic acids is 1. The van der Waals surface area contributed by atoms with Gasteiger partial charge >= 0.3 is 5.97 Å². The normalized spacial score (nSPS) is 16.9. The zero-order valence-corrected chi connectivity index (χ0v) is 12.0. The highest BCUT2D eigenvalue weighted by molar-refractivity contribution is 8.13. The van der Waals surface area contributed by atoms with Crippen molar-refractivity contribution >= 4 is 28.4 Å². The molecule has 0 saturated carbocycles. The van der Waals surface area contributed by atoms with Gasteiger partial charge in [-0.05, 0) is 29.8 Å². The van der Waals surface area contributed by atoms with Crippen molar-refractivity contribution in [3.05, 3.63) is 65.2 Å². The van der Waals surface area contributed by atoms with Crippen LogP contribution in [0.2, 0.25) is 0 Å². The molecule has 1 unspecified atom stereocenters. The Morgan fingerprint density at radius 3 is 2.43 bits per heavy atom. The molecule has 1 amide bonds. The van der Waals surface area contributed by atoms with E-state index >= 15 is 0 Å². The van der Waals surface area contributed by atoms with E-state index in [-0.39, 0.29) is 11.5 Å². The Bertz CT molecular complexity index is 717. The summed E-state index contributed by atoms with van der Waals surface area (Å²) >= 11 is 0. The predicted molar refractivity (Wildman–Crippen MR) is 82.7 cm³/mol. The first-order valence-corrected chi connectivity index (χ1v) is 7.70. The van der Waals surface area contributed by atoms with Crippen LogP contribution in [0.1, 0.15) is 26.3 Å². The van der Waals surface area contributed by atoms with Crippen LogP contribution in [0.15, 0.2) is 53.4 Å². The topological polar surface area (TPSA) is 57.6 Å². The number of fused-ring (bicyclic) bond motifs is 1. The summed E-state index contributed by atoms with van der Waals surface area (Å²) in [6, 6.07) is 14.1. The van der Waals surface area contributed by atoms with E-state index < -0.39 is 16.6 Å². The molecular formula is C16H13NO3S. The SMILES string of the molecule is C=S1c2ccccc2C(=O)N1Cc1ccc(C(=O)O)cc1. The van der Waals surface area contributed by atoms with Gasteiger partial charge < -0.3 is 5.11 Å². The summed E-state index contributed by atoms with van der Waals surface area (Å²) in [6.45, 7) is 0.431. The van der Waals surface area contributed by atoms with E-state index in [9.17, 15) is 9.59 Å². The molecule has 1 atom stereocenters. The quantitative estimate of drug-likeness (QED) is 0.886. The van der Waals surface area contributed by atoms with Gasteiger partial charge in [-0.15, -0.1) is 0 Å². The lowest BCUT2D eigenvalue weighted by atomic mass is 10.1. The molecule has 3 rings (SSSR count). The van der Waals surface area contributed by atoms with Crippen molar-refractivity contribution in [3.8, 4) is 0 Å². The van der Waals surface area contributed by atoms with Crippen molar-refractivity contribution in [2.45, 2.75) is 11.4 Å². The average molecular weight is 299 g/mol. The highest BCUT2D eigenvalue weighted by atomic mass is 32.2. The molecule has 4 nitrogen and oxygen atoms in total. The number of benzene rings is 2. The van der Waals surface area contributed by atoms with Crippen LogP contribution in [0.5, 0.6) is 0 Å². The third kappa shape index (κ3) is 2.36. The van der Waals surface area contributed by atoms with Crippen molar-refractivity contribution in [1.29, 1.82) is 0 Å². The highest BCUT2D eigenvalue weighted by Gasteiger charge is 2.29. The number of hydrogen-bond acceptors (Lipinski definition) is 2. The lowest BCUT2D eigenvalue weighted by Crippen LogP contribution is -2.19. The van der Waals surface area contributed by atoms with Gasteiger partial charge in [0.25, 0.3) is 5.91 Å². The van der Waals surface area contributed by atoms with Gasteiger partial charge in [-0.1, -0.05) is 40.8 Å². The third-order valence-electron chi connectivity index (χ3n) is 3.39. The molecule has 0 bridgehead atoms. The third-order valence-corrected chi connectivity index (χ3v) is 5.08. The van der Waals surface area contributed by atoms with Gasteiger partial charge in [-0.2, -0.15) is 0 Å². The van der Waals surface area contributed by atoms with Gasteiger partial charge in [0.05, 0.1) is 17.7 Å². The summed E-state index contributed by atoms with van der Waals surface area (Å²) in [6.07, 6.45) is 0. The van der Waals surface area contributed by atoms with E-state index in [0.29, 0.717) is 12.1 Å². The number of carbonyl (C=O) groups is 2. The standard InChI is InChI=1S/C16H13NO3S/c1-21-14-5-3-2-4-13(14)15(18)17(21)10-11-6-8-12(9-7-11)16(19)20/h2-9H,1,10H2,(H,19,20). The first kappa shape index (κ1) is 13.6. The fourth-order valence-corrected chi connectivity index (χ4v) is 3.76. The van der Waals surface area contributed by atoms with Crippen molar-refractivity contribution in [2.75, 3.05) is 0 Å². The van der Waals surface area contributed by atoms with Gasteiger partial charge in [0.15, 0.2) is 0 Å². The molecule has 1 N–H and O–H groups in total. The van der Waals surface area contributed by atoms with Crippen LogP contribution >= 0.6 is 10.7 Å². The Hall–Kier alpha value is -2.40. The van der Waals surface area contributed by atoms with Crippen molar-refractivity contribution in [1.82, 2.24) is 4.31 Å². The second-order valence-electron chi connectivity index (χ2n) is 4.70. The van der Waals surface area contributed by atoms with Gasteiger partial charge in [-0.3, -0.25) is 9.10 Å². The Kier molecular flexibility index (Phi) is 3.35. The number of hydrogen-bond donors (Lipinski definition) is 1. The minimum Gasteiger partial charge on any atom is -0.478 e. The largest absolute Gasteiger partial charge is 0.478 e. The number of carboxylic acid groups (broad SMARTS) is 1. The molecule has 0 radical (unpaired) electrons. The molecule has 1 aliphatic rings. The van der Waals surface area contributed by atoms with Crippen molar-refractivity contribution < 1.29 is 14.7 Å². The molecular weight excluding hydrogens is 286 g/mol. The van der Waals surface area contributed by atoms with Crippen LogP contribution in [-0.4, -0.2) is 27.2 Å². The fourth-order valence-electron chi connectivity index (χ4n) is 2.27. The minimum atomic E-state index is -0.955. The first-order valence-electron chi connectivity index (χ1n) is 6.35. The Labute approximate surface area is 124 Å². The second kappa shape index (κ2) is 5.18. The van der Waals surface area contributed by atoms with Crippen molar-refractivity contribution in [2.24, 2.45) is 0 Å². The van der Waals surface area contributed by atoms with Crippen molar-refractivity contribution in [3.63, 3.8) is 0 Å². The maximum absolute atomic E-state index is 12.4. The summed E-state index contributed by atoms with van der Waals surface area (Å²) < 4.78 is 1.72. The summed E-state index contributed by atoms with van der Waals surface area (Å²) in [5, 5.41) is 8.89. The fraction of sp³-hybridized carbons (Fsp3) is 0.0625. The summed E-state index contributed by atoms with van der Waals surface area (Å²) in [5.41, 5.74) is 1.84. The lowest BCUT2D eigenvalue weighted by Gasteiger charge is -2.18. The maximum atomic E-state index is 12.4. The molecule has 2 aromatic carbocycles. The molecule has 0 saturated heterocycles. The number of rotatable bonds is 3. The van der Waals surface area contributed by atoms with Gasteiger partial charge in [0.1, 0.15) is 0 Å². The van der Waals surface area contributed by atoms with E-state index in [0.717, 1.165) is 10.5 Å². The maximum Gasteiger partial charge on any atom is 0.335 e. The van der Waals surface area contributed by atoms with Gasteiger partial charge in [-0.25, -0.2) is 4.79 Å². The van der Waals surface area contributed by atoms with Crippen LogP contribution in [0, 0.1) is 0 Å². The van der Waals surface area contributed by atoms with Crippen LogP contribution in [0.3, 0.4) is 0 Å². The van der Waals surface area contributed by atoms with Crippen LogP contribution in [-0.2, 0) is 6.54 Å². The Morgan fingerprint density at radius 1 is 1.14 bits per heavy atom. The average Bonchev–Trinajstić information content (AvgIpc) is 2.73. The monoisotopic (exact) mass is 299 g/mol. The molecule has 0 aromatic heterocycles. The first-order chi connectivity index (χ1) is 10.1. The molecule has 0 aliphatic carbocycles. The number of nitrogens with zero attached hydrogens (tertiary/aromatic N) is 1. The minimum absolute atomic E-state index is 0.0220. The van der Waals surface area contributed by atoms with E-state index in [1.807, 2.05) is 24.3 Å². The summed E-state index contributed by atoms with van der Waals surface area (Å²) in [4.78, 5) is 24.2. The molecule has 0 fully saturated rings. The molecule has 21 heavy (non-hydrogen) atoms.